The Kier molecular flexibility index (Phi) is 3.85. The van der Waals surface area contributed by atoms with Crippen LogP contribution in [0.2, 0.25) is 0 Å². The molecule has 3 rings (SSSR count). The van der Waals surface area contributed by atoms with E-state index in [0.29, 0.717) is 16.5 Å². The van der Waals surface area contributed by atoms with E-state index in [2.05, 4.69) is 0 Å². The van der Waals surface area contributed by atoms with Crippen LogP contribution < -0.4 is 10.3 Å². The molecular weight excluding hydrogens is 294 g/mol. The van der Waals surface area contributed by atoms with Crippen LogP contribution in [0.15, 0.2) is 59.5 Å². The lowest BCUT2D eigenvalue weighted by molar-refractivity contribution is 0.0698. The van der Waals surface area contributed by atoms with Crippen LogP contribution in [-0.2, 0) is 6.54 Å². The average molecular weight is 309 g/mol. The minimum atomic E-state index is -1.06. The Morgan fingerprint density at radius 1 is 1.09 bits per heavy atom. The van der Waals surface area contributed by atoms with Gasteiger partial charge in [0.25, 0.3) is 5.56 Å². The Bertz CT molecular complexity index is 943. The zero-order valence-corrected chi connectivity index (χ0v) is 12.5. The van der Waals surface area contributed by atoms with Crippen LogP contribution in [0.25, 0.3) is 10.8 Å². The van der Waals surface area contributed by atoms with Gasteiger partial charge in [-0.3, -0.25) is 4.79 Å². The second-order valence-electron chi connectivity index (χ2n) is 5.14. The predicted octanol–water partition coefficient (Wildman–Crippen LogP) is 2.76. The summed E-state index contributed by atoms with van der Waals surface area (Å²) < 4.78 is 6.70. The van der Waals surface area contributed by atoms with E-state index in [0.717, 1.165) is 5.56 Å². The fourth-order valence-electron chi connectivity index (χ4n) is 2.65. The first kappa shape index (κ1) is 14.8. The molecule has 23 heavy (non-hydrogen) atoms. The highest BCUT2D eigenvalue weighted by Crippen LogP contribution is 2.20. The van der Waals surface area contributed by atoms with Crippen molar-refractivity contribution in [3.8, 4) is 5.75 Å². The maximum Gasteiger partial charge on any atom is 0.337 e. The topological polar surface area (TPSA) is 68.5 Å². The number of aromatic carboxylic acids is 1. The minimum Gasteiger partial charge on any atom is -0.496 e. The molecule has 0 aliphatic rings. The highest BCUT2D eigenvalue weighted by molar-refractivity contribution is 6.02. The van der Waals surface area contributed by atoms with Gasteiger partial charge in [-0.25, -0.2) is 4.79 Å². The fraction of sp³-hybridized carbons (Fsp3) is 0.111. The van der Waals surface area contributed by atoms with E-state index in [1.165, 1.54) is 10.8 Å². The highest BCUT2D eigenvalue weighted by atomic mass is 16.5. The molecule has 0 aliphatic heterocycles. The Balaban J connectivity index is 2.20. The molecule has 116 valence electrons. The number of carboxylic acids is 1. The van der Waals surface area contributed by atoms with Gasteiger partial charge >= 0.3 is 5.97 Å². The van der Waals surface area contributed by atoms with Crippen molar-refractivity contribution in [2.45, 2.75) is 6.54 Å². The molecule has 0 unspecified atom stereocenters. The third kappa shape index (κ3) is 2.68. The molecule has 0 atom stereocenters. The molecular formula is C18H15NO4. The molecule has 0 aliphatic carbocycles. The van der Waals surface area contributed by atoms with Gasteiger partial charge in [-0.05, 0) is 12.1 Å². The number of carboxylic acid groups (broad SMARTS) is 1. The van der Waals surface area contributed by atoms with E-state index in [-0.39, 0.29) is 17.7 Å². The van der Waals surface area contributed by atoms with Crippen molar-refractivity contribution in [3.63, 3.8) is 0 Å². The summed E-state index contributed by atoms with van der Waals surface area (Å²) >= 11 is 0. The van der Waals surface area contributed by atoms with E-state index >= 15 is 0 Å². The first-order valence-electron chi connectivity index (χ1n) is 7.09. The summed E-state index contributed by atoms with van der Waals surface area (Å²) in [6, 6.07) is 14.1. The first-order valence-corrected chi connectivity index (χ1v) is 7.09. The van der Waals surface area contributed by atoms with Gasteiger partial charge in [-0.15, -0.1) is 0 Å². The van der Waals surface area contributed by atoms with Gasteiger partial charge in [0.05, 0.1) is 19.2 Å². The molecule has 0 fully saturated rings. The number of nitrogens with zero attached hydrogens (tertiary/aromatic N) is 1. The largest absolute Gasteiger partial charge is 0.496 e. The van der Waals surface area contributed by atoms with Gasteiger partial charge in [0.2, 0.25) is 0 Å². The second-order valence-corrected chi connectivity index (χ2v) is 5.14. The van der Waals surface area contributed by atoms with Gasteiger partial charge in [-0.2, -0.15) is 0 Å². The normalized spacial score (nSPS) is 10.7. The molecule has 0 radical (unpaired) electrons. The van der Waals surface area contributed by atoms with Crippen molar-refractivity contribution in [3.05, 3.63) is 76.2 Å². The Hall–Kier alpha value is -3.08. The van der Waals surface area contributed by atoms with Crippen molar-refractivity contribution in [2.24, 2.45) is 0 Å². The van der Waals surface area contributed by atoms with E-state index in [9.17, 15) is 14.7 Å². The van der Waals surface area contributed by atoms with Gasteiger partial charge in [0.1, 0.15) is 5.75 Å². The Labute approximate surface area is 132 Å². The number of hydrogen-bond donors (Lipinski definition) is 1. The third-order valence-corrected chi connectivity index (χ3v) is 3.76. The van der Waals surface area contributed by atoms with Crippen LogP contribution in [0, 0.1) is 0 Å². The molecule has 0 bridgehead atoms. The molecule has 0 amide bonds. The Morgan fingerprint density at radius 2 is 1.74 bits per heavy atom. The van der Waals surface area contributed by atoms with Crippen molar-refractivity contribution in [1.29, 1.82) is 0 Å². The summed E-state index contributed by atoms with van der Waals surface area (Å²) in [7, 11) is 1.56. The second kappa shape index (κ2) is 5.96. The number of ether oxygens (including phenoxy) is 1. The molecule has 1 heterocycles. The number of rotatable bonds is 4. The number of pyridine rings is 1. The van der Waals surface area contributed by atoms with E-state index in [1.807, 2.05) is 18.2 Å². The number of aromatic nitrogens is 1. The standard InChI is InChI=1S/C18H15NO4/c1-23-16-9-5-2-6-12(16)10-19-11-15(18(21)22)13-7-3-4-8-14(13)17(19)20/h2-9,11H,10H2,1H3,(H,21,22). The Morgan fingerprint density at radius 3 is 2.43 bits per heavy atom. The van der Waals surface area contributed by atoms with Crippen molar-refractivity contribution < 1.29 is 14.6 Å². The molecule has 0 saturated heterocycles. The minimum absolute atomic E-state index is 0.107. The van der Waals surface area contributed by atoms with Crippen LogP contribution in [0.5, 0.6) is 5.75 Å². The van der Waals surface area contributed by atoms with E-state index < -0.39 is 5.97 Å². The van der Waals surface area contributed by atoms with Gasteiger partial charge in [0, 0.05) is 22.5 Å². The number of fused-ring (bicyclic) bond motifs is 1. The van der Waals surface area contributed by atoms with Crippen LogP contribution in [-0.4, -0.2) is 22.8 Å². The molecule has 2 aromatic carbocycles. The third-order valence-electron chi connectivity index (χ3n) is 3.76. The maximum absolute atomic E-state index is 12.6. The monoisotopic (exact) mass is 309 g/mol. The summed E-state index contributed by atoms with van der Waals surface area (Å²) in [4.78, 5) is 24.2. The number of hydrogen-bond acceptors (Lipinski definition) is 3. The lowest BCUT2D eigenvalue weighted by atomic mass is 10.1. The molecule has 5 heteroatoms. The van der Waals surface area contributed by atoms with Gasteiger partial charge < -0.3 is 14.4 Å². The highest BCUT2D eigenvalue weighted by Gasteiger charge is 2.14. The number of para-hydroxylation sites is 1. The SMILES string of the molecule is COc1ccccc1Cn1cc(C(=O)O)c2ccccc2c1=O. The van der Waals surface area contributed by atoms with Crippen molar-refractivity contribution in [2.75, 3.05) is 7.11 Å². The lowest BCUT2D eigenvalue weighted by Crippen LogP contribution is -2.22. The first-order chi connectivity index (χ1) is 11.1. The zero-order valence-electron chi connectivity index (χ0n) is 12.5. The summed E-state index contributed by atoms with van der Waals surface area (Å²) in [6.45, 7) is 0.244. The van der Waals surface area contributed by atoms with Gasteiger partial charge in [-0.1, -0.05) is 36.4 Å². The molecule has 1 aromatic heterocycles. The molecule has 1 N–H and O–H groups in total. The van der Waals surface area contributed by atoms with Crippen LogP contribution >= 0.6 is 0 Å². The molecule has 0 spiro atoms. The van der Waals surface area contributed by atoms with Crippen molar-refractivity contribution >= 4 is 16.7 Å². The van der Waals surface area contributed by atoms with Crippen LogP contribution in [0.1, 0.15) is 15.9 Å². The number of methoxy groups -OCH3 is 1. The lowest BCUT2D eigenvalue weighted by Gasteiger charge is -2.12. The average Bonchev–Trinajstić information content (AvgIpc) is 2.57. The summed E-state index contributed by atoms with van der Waals surface area (Å²) in [5.41, 5.74) is 0.690. The van der Waals surface area contributed by atoms with E-state index in [1.54, 1.807) is 37.4 Å². The maximum atomic E-state index is 12.6. The zero-order chi connectivity index (χ0) is 16.4. The van der Waals surface area contributed by atoms with Crippen LogP contribution in [0.3, 0.4) is 0 Å². The number of benzene rings is 2. The van der Waals surface area contributed by atoms with E-state index in [4.69, 9.17) is 4.74 Å². The fourth-order valence-corrected chi connectivity index (χ4v) is 2.65. The summed E-state index contributed by atoms with van der Waals surface area (Å²) in [5, 5.41) is 10.3. The predicted molar refractivity (Wildman–Crippen MR) is 87.3 cm³/mol. The van der Waals surface area contributed by atoms with Crippen molar-refractivity contribution in [1.82, 2.24) is 4.57 Å². The molecule has 5 nitrogen and oxygen atoms in total. The van der Waals surface area contributed by atoms with Crippen LogP contribution in [0.4, 0.5) is 0 Å². The summed E-state index contributed by atoms with van der Waals surface area (Å²) in [5.74, 6) is -0.403. The number of carbonyl (C=O) groups is 1. The quantitative estimate of drug-likeness (QED) is 0.804. The summed E-state index contributed by atoms with van der Waals surface area (Å²) in [6.07, 6.45) is 1.39. The van der Waals surface area contributed by atoms with Gasteiger partial charge in [0.15, 0.2) is 0 Å². The molecule has 3 aromatic rings. The molecule has 0 saturated carbocycles. The smallest absolute Gasteiger partial charge is 0.337 e.